The molecule has 270 valence electrons. The molecule has 0 unspecified atom stereocenters. The predicted molar refractivity (Wildman–Crippen MR) is 192 cm³/mol. The molecule has 6 rings (SSSR count). The Morgan fingerprint density at radius 2 is 1.63 bits per heavy atom. The molecule has 0 spiro atoms. The molecule has 0 aliphatic heterocycles. The molecule has 2 aromatic heterocycles. The number of nitrogens with one attached hydrogen (secondary N) is 3. The van der Waals surface area contributed by atoms with Gasteiger partial charge in [0.15, 0.2) is 5.82 Å². The standard InChI is InChI=1S/C36H36ClN7O7S/c1-38-33(46)28-12-5-6-13-30(28)41-32-29(37)20-39-36(42-32)40-26-9-7-8-25(18-26)19-31(45)49-21-23-14-16-24(17-15-23)22-50-34-35(44-51-43-34)52(47,48)27-10-3-2-4-11-27/h2-13,18,20,23-24H,14-17,19,21-22H2,1H3,(H,38,46)(H2,39,40,41,42). The number of esters is 1. The maximum atomic E-state index is 12.9. The molecule has 1 aliphatic carbocycles. The van der Waals surface area contributed by atoms with Crippen LogP contribution < -0.4 is 20.7 Å². The minimum absolute atomic E-state index is 0.0776. The summed E-state index contributed by atoms with van der Waals surface area (Å²) >= 11 is 6.36. The average molecular weight is 746 g/mol. The van der Waals surface area contributed by atoms with Crippen molar-refractivity contribution in [2.75, 3.05) is 30.9 Å². The van der Waals surface area contributed by atoms with Crippen LogP contribution in [0.1, 0.15) is 41.6 Å². The van der Waals surface area contributed by atoms with Gasteiger partial charge in [-0.1, -0.05) is 54.1 Å². The van der Waals surface area contributed by atoms with Crippen LogP contribution in [0.25, 0.3) is 0 Å². The minimum Gasteiger partial charge on any atom is -0.473 e. The van der Waals surface area contributed by atoms with Crippen molar-refractivity contribution >= 4 is 56.5 Å². The molecule has 5 aromatic rings. The van der Waals surface area contributed by atoms with Crippen molar-refractivity contribution in [1.82, 2.24) is 25.6 Å². The quantitative estimate of drug-likeness (QED) is 0.110. The van der Waals surface area contributed by atoms with Crippen molar-refractivity contribution in [3.63, 3.8) is 0 Å². The molecule has 2 heterocycles. The third-order valence-corrected chi connectivity index (χ3v) is 10.5. The number of nitrogens with zero attached hydrogens (tertiary/aromatic N) is 4. The highest BCUT2D eigenvalue weighted by atomic mass is 35.5. The Morgan fingerprint density at radius 1 is 0.904 bits per heavy atom. The fourth-order valence-electron chi connectivity index (χ4n) is 5.78. The van der Waals surface area contributed by atoms with Crippen molar-refractivity contribution in [2.24, 2.45) is 11.8 Å². The molecule has 0 saturated heterocycles. The molecule has 14 nitrogen and oxygen atoms in total. The van der Waals surface area contributed by atoms with Gasteiger partial charge in [0.2, 0.25) is 15.8 Å². The highest BCUT2D eigenvalue weighted by Crippen LogP contribution is 2.32. The van der Waals surface area contributed by atoms with Crippen LogP contribution in [0.5, 0.6) is 5.88 Å². The lowest BCUT2D eigenvalue weighted by molar-refractivity contribution is -0.144. The minimum atomic E-state index is -3.93. The zero-order chi connectivity index (χ0) is 36.5. The molecule has 0 radical (unpaired) electrons. The molecule has 1 fully saturated rings. The van der Waals surface area contributed by atoms with E-state index < -0.39 is 9.84 Å². The maximum Gasteiger partial charge on any atom is 0.310 e. The molecule has 1 amide bonds. The zero-order valence-electron chi connectivity index (χ0n) is 28.1. The first-order chi connectivity index (χ1) is 25.2. The van der Waals surface area contributed by atoms with E-state index in [4.69, 9.17) is 25.7 Å². The van der Waals surface area contributed by atoms with Gasteiger partial charge in [0.25, 0.3) is 16.8 Å². The van der Waals surface area contributed by atoms with Gasteiger partial charge in [-0.15, -0.1) is 0 Å². The molecule has 16 heteroatoms. The molecule has 1 aliphatic rings. The Bertz CT molecular complexity index is 2120. The van der Waals surface area contributed by atoms with Crippen molar-refractivity contribution in [1.29, 1.82) is 0 Å². The number of halogens is 1. The number of benzene rings is 3. The van der Waals surface area contributed by atoms with Crippen LogP contribution >= 0.6 is 11.6 Å². The maximum absolute atomic E-state index is 12.9. The normalized spacial score (nSPS) is 15.7. The monoisotopic (exact) mass is 745 g/mol. The van der Waals surface area contributed by atoms with E-state index in [1.165, 1.54) is 18.3 Å². The number of sulfone groups is 1. The van der Waals surface area contributed by atoms with E-state index in [1.54, 1.807) is 49.5 Å². The lowest BCUT2D eigenvalue weighted by Crippen LogP contribution is -2.24. The molecule has 0 bridgehead atoms. The third kappa shape index (κ3) is 9.03. The van der Waals surface area contributed by atoms with Gasteiger partial charge >= 0.3 is 5.97 Å². The molecule has 3 N–H and O–H groups in total. The molecular formula is C36H36ClN7O7S. The number of amides is 1. The van der Waals surface area contributed by atoms with E-state index in [2.05, 4.69) is 36.2 Å². The van der Waals surface area contributed by atoms with Crippen molar-refractivity contribution < 1.29 is 32.1 Å². The van der Waals surface area contributed by atoms with Crippen molar-refractivity contribution in [3.05, 3.63) is 101 Å². The van der Waals surface area contributed by atoms with E-state index in [0.717, 1.165) is 31.2 Å². The summed E-state index contributed by atoms with van der Waals surface area (Å²) in [5.41, 5.74) is 2.38. The fourth-order valence-corrected chi connectivity index (χ4v) is 7.12. The van der Waals surface area contributed by atoms with Gasteiger partial charge in [-0.2, -0.15) is 4.98 Å². The Labute approximate surface area is 305 Å². The van der Waals surface area contributed by atoms with Crippen LogP contribution in [0.3, 0.4) is 0 Å². The highest BCUT2D eigenvalue weighted by molar-refractivity contribution is 7.91. The predicted octanol–water partition coefficient (Wildman–Crippen LogP) is 6.16. The summed E-state index contributed by atoms with van der Waals surface area (Å²) in [7, 11) is -2.37. The lowest BCUT2D eigenvalue weighted by atomic mass is 9.83. The lowest BCUT2D eigenvalue weighted by Gasteiger charge is -2.27. The fraction of sp³-hybridized carbons (Fsp3) is 0.278. The largest absolute Gasteiger partial charge is 0.473 e. The number of aromatic nitrogens is 4. The first-order valence-electron chi connectivity index (χ1n) is 16.6. The van der Waals surface area contributed by atoms with Crippen LogP contribution in [-0.4, -0.2) is 60.8 Å². The highest BCUT2D eigenvalue weighted by Gasteiger charge is 2.30. The van der Waals surface area contributed by atoms with Crippen LogP contribution in [0.2, 0.25) is 5.02 Å². The number of anilines is 4. The van der Waals surface area contributed by atoms with Crippen LogP contribution in [0, 0.1) is 11.8 Å². The number of rotatable bonds is 14. The molecule has 0 atom stereocenters. The van der Waals surface area contributed by atoms with Gasteiger partial charge < -0.3 is 25.4 Å². The van der Waals surface area contributed by atoms with Gasteiger partial charge in [0.05, 0.1) is 42.0 Å². The summed E-state index contributed by atoms with van der Waals surface area (Å²) in [6.45, 7) is 0.585. The second-order valence-corrected chi connectivity index (χ2v) is 14.5. The summed E-state index contributed by atoms with van der Waals surface area (Å²) in [6, 6.07) is 22.2. The molecule has 52 heavy (non-hydrogen) atoms. The number of ether oxygens (including phenoxy) is 2. The smallest absolute Gasteiger partial charge is 0.310 e. The summed E-state index contributed by atoms with van der Waals surface area (Å²) in [4.78, 5) is 33.9. The summed E-state index contributed by atoms with van der Waals surface area (Å²) in [5, 5.41) is 16.0. The van der Waals surface area contributed by atoms with E-state index in [0.29, 0.717) is 29.4 Å². The van der Waals surface area contributed by atoms with Crippen LogP contribution in [0.4, 0.5) is 23.1 Å². The topological polar surface area (TPSA) is 188 Å². The Hall–Kier alpha value is -5.54. The van der Waals surface area contributed by atoms with Gasteiger partial charge in [0.1, 0.15) is 5.02 Å². The molecule has 3 aromatic carbocycles. The van der Waals surface area contributed by atoms with E-state index in [-0.39, 0.29) is 63.5 Å². The average Bonchev–Trinajstić information content (AvgIpc) is 3.65. The van der Waals surface area contributed by atoms with Gasteiger partial charge in [0, 0.05) is 12.7 Å². The zero-order valence-corrected chi connectivity index (χ0v) is 29.7. The first kappa shape index (κ1) is 36.3. The van der Waals surface area contributed by atoms with Crippen molar-refractivity contribution in [2.45, 2.75) is 42.0 Å². The third-order valence-electron chi connectivity index (χ3n) is 8.57. The second kappa shape index (κ2) is 16.7. The second-order valence-electron chi connectivity index (χ2n) is 12.2. The summed E-state index contributed by atoms with van der Waals surface area (Å²) in [6.07, 6.45) is 4.86. The van der Waals surface area contributed by atoms with Crippen LogP contribution in [-0.2, 0) is 25.8 Å². The molecular weight excluding hydrogens is 710 g/mol. The van der Waals surface area contributed by atoms with Gasteiger partial charge in [-0.25, -0.2) is 18.0 Å². The Morgan fingerprint density at radius 3 is 2.40 bits per heavy atom. The van der Waals surface area contributed by atoms with Crippen LogP contribution in [0.15, 0.2) is 99.6 Å². The van der Waals surface area contributed by atoms with E-state index in [1.807, 2.05) is 24.3 Å². The van der Waals surface area contributed by atoms with E-state index in [9.17, 15) is 18.0 Å². The van der Waals surface area contributed by atoms with Crippen molar-refractivity contribution in [3.8, 4) is 5.88 Å². The number of hydrogen-bond donors (Lipinski definition) is 3. The molecule has 1 saturated carbocycles. The van der Waals surface area contributed by atoms with Gasteiger partial charge in [-0.3, -0.25) is 9.59 Å². The first-order valence-corrected chi connectivity index (χ1v) is 18.4. The summed E-state index contributed by atoms with van der Waals surface area (Å²) < 4.78 is 42.0. The van der Waals surface area contributed by atoms with Gasteiger partial charge in [-0.05, 0) is 89.8 Å². The van der Waals surface area contributed by atoms with E-state index >= 15 is 0 Å². The number of carbonyl (C=O) groups excluding carboxylic acids is 2. The summed E-state index contributed by atoms with van der Waals surface area (Å²) in [5.74, 6) is 0.228. The SMILES string of the molecule is CNC(=O)c1ccccc1Nc1nc(Nc2cccc(CC(=O)OCC3CCC(COc4nonc4S(=O)(=O)c4ccccc4)CC3)c2)ncc1Cl. The number of para-hydroxylation sites is 1. The number of hydrogen-bond acceptors (Lipinski definition) is 13. The number of carbonyl (C=O) groups is 2. The Balaban J connectivity index is 0.958. The Kier molecular flexibility index (Phi) is 11.6.